The van der Waals surface area contributed by atoms with Gasteiger partial charge >= 0.3 is 0 Å². The highest BCUT2D eigenvalue weighted by Gasteiger charge is 2.28. The van der Waals surface area contributed by atoms with Crippen molar-refractivity contribution < 1.29 is 13.9 Å². The van der Waals surface area contributed by atoms with Gasteiger partial charge in [0.25, 0.3) is 0 Å². The van der Waals surface area contributed by atoms with Crippen molar-refractivity contribution >= 4 is 5.91 Å². The number of nitrogens with two attached hydrogens (primary N) is 1. The second-order valence-corrected chi connectivity index (χ2v) is 5.19. The van der Waals surface area contributed by atoms with Crippen LogP contribution in [0.5, 0.6) is 5.75 Å². The van der Waals surface area contributed by atoms with Gasteiger partial charge in [0.1, 0.15) is 0 Å². The molecule has 5 heteroatoms. The largest absolute Gasteiger partial charge is 0.491 e. The molecule has 110 valence electrons. The Bertz CT molecular complexity index is 449. The molecule has 1 amide bonds. The zero-order valence-corrected chi connectivity index (χ0v) is 11.5. The van der Waals surface area contributed by atoms with Crippen LogP contribution in [-0.2, 0) is 4.79 Å². The first-order valence-electron chi connectivity index (χ1n) is 7.06. The van der Waals surface area contributed by atoms with E-state index in [2.05, 4.69) is 5.32 Å². The molecule has 0 saturated heterocycles. The minimum Gasteiger partial charge on any atom is -0.491 e. The summed E-state index contributed by atoms with van der Waals surface area (Å²) in [5, 5.41) is 2.82. The van der Waals surface area contributed by atoms with Gasteiger partial charge in [-0.15, -0.1) is 0 Å². The maximum absolute atomic E-state index is 13.2. The lowest BCUT2D eigenvalue weighted by molar-refractivity contribution is -0.121. The second-order valence-electron chi connectivity index (χ2n) is 5.19. The molecule has 0 radical (unpaired) electrons. The fraction of sp³-hybridized carbons (Fsp3) is 0.533. The summed E-state index contributed by atoms with van der Waals surface area (Å²) in [6.07, 6.45) is 3.27. The first-order valence-corrected chi connectivity index (χ1v) is 7.06. The number of carbonyl (C=O) groups is 1. The number of rotatable bonds is 8. The molecule has 3 N–H and O–H groups in total. The predicted octanol–water partition coefficient (Wildman–Crippen LogP) is 1.84. The molecule has 1 fully saturated rings. The van der Waals surface area contributed by atoms with Crippen LogP contribution in [0.25, 0.3) is 0 Å². The number of benzene rings is 1. The van der Waals surface area contributed by atoms with E-state index in [9.17, 15) is 9.18 Å². The first-order chi connectivity index (χ1) is 9.66. The monoisotopic (exact) mass is 280 g/mol. The number of para-hydroxylation sites is 1. The molecule has 1 saturated carbocycles. The molecule has 0 bridgehead atoms. The molecule has 20 heavy (non-hydrogen) atoms. The molecule has 1 aliphatic rings. The molecule has 1 aromatic carbocycles. The van der Waals surface area contributed by atoms with E-state index in [-0.39, 0.29) is 23.5 Å². The Kier molecular flexibility index (Phi) is 5.35. The van der Waals surface area contributed by atoms with Crippen molar-refractivity contribution in [1.29, 1.82) is 0 Å². The molecule has 0 spiro atoms. The molecular weight excluding hydrogens is 259 g/mol. The SMILES string of the molecule is NC(CNC(=O)CCCOc1ccccc1F)C1CC1. The number of halogens is 1. The Morgan fingerprint density at radius 2 is 2.20 bits per heavy atom. The number of ether oxygens (including phenoxy) is 1. The highest BCUT2D eigenvalue weighted by Crippen LogP contribution is 2.31. The van der Waals surface area contributed by atoms with Crippen molar-refractivity contribution in [2.45, 2.75) is 31.7 Å². The van der Waals surface area contributed by atoms with Gasteiger partial charge in [0.2, 0.25) is 5.91 Å². The minimum absolute atomic E-state index is 0.0294. The van der Waals surface area contributed by atoms with Crippen LogP contribution in [0.1, 0.15) is 25.7 Å². The first kappa shape index (κ1) is 14.8. The fourth-order valence-electron chi connectivity index (χ4n) is 1.99. The van der Waals surface area contributed by atoms with Crippen LogP contribution in [-0.4, -0.2) is 25.1 Å². The Morgan fingerprint density at radius 3 is 2.90 bits per heavy atom. The van der Waals surface area contributed by atoms with Gasteiger partial charge in [-0.25, -0.2) is 4.39 Å². The lowest BCUT2D eigenvalue weighted by Crippen LogP contribution is -2.38. The van der Waals surface area contributed by atoms with Gasteiger partial charge in [-0.2, -0.15) is 0 Å². The summed E-state index contributed by atoms with van der Waals surface area (Å²) in [5.74, 6) is 0.397. The van der Waals surface area contributed by atoms with Crippen molar-refractivity contribution in [1.82, 2.24) is 5.32 Å². The average Bonchev–Trinajstić information content (AvgIpc) is 3.27. The summed E-state index contributed by atoms with van der Waals surface area (Å²) in [6.45, 7) is 0.862. The molecular formula is C15H21FN2O2. The molecule has 0 aromatic heterocycles. The molecule has 1 aliphatic carbocycles. The van der Waals surface area contributed by atoms with Crippen LogP contribution in [0, 0.1) is 11.7 Å². The molecule has 4 nitrogen and oxygen atoms in total. The number of hydrogen-bond donors (Lipinski definition) is 2. The Labute approximate surface area is 118 Å². The van der Waals surface area contributed by atoms with Crippen LogP contribution >= 0.6 is 0 Å². The molecule has 2 rings (SSSR count). The molecule has 1 aromatic rings. The maximum Gasteiger partial charge on any atom is 0.220 e. The molecule has 1 atom stereocenters. The smallest absolute Gasteiger partial charge is 0.220 e. The van der Waals surface area contributed by atoms with Crippen LogP contribution in [0.15, 0.2) is 24.3 Å². The fourth-order valence-corrected chi connectivity index (χ4v) is 1.99. The standard InChI is InChI=1S/C15H21FN2O2/c16-12-4-1-2-5-14(12)20-9-3-6-15(19)18-10-13(17)11-7-8-11/h1-2,4-5,11,13H,3,6-10,17H2,(H,18,19). The summed E-state index contributed by atoms with van der Waals surface area (Å²) in [7, 11) is 0. The number of carbonyl (C=O) groups excluding carboxylic acids is 1. The zero-order valence-electron chi connectivity index (χ0n) is 11.5. The second kappa shape index (κ2) is 7.24. The normalized spacial score (nSPS) is 15.7. The van der Waals surface area contributed by atoms with Crippen molar-refractivity contribution in [3.05, 3.63) is 30.1 Å². The predicted molar refractivity (Wildman–Crippen MR) is 74.8 cm³/mol. The van der Waals surface area contributed by atoms with E-state index in [0.717, 1.165) is 0 Å². The third-order valence-electron chi connectivity index (χ3n) is 3.40. The van der Waals surface area contributed by atoms with Gasteiger partial charge < -0.3 is 15.8 Å². The maximum atomic E-state index is 13.2. The number of nitrogens with one attached hydrogen (secondary N) is 1. The lowest BCUT2D eigenvalue weighted by atomic mass is 10.2. The van der Waals surface area contributed by atoms with E-state index >= 15 is 0 Å². The Hall–Kier alpha value is -1.62. The number of hydrogen-bond acceptors (Lipinski definition) is 3. The Balaban J connectivity index is 1.56. The van der Waals surface area contributed by atoms with E-state index in [1.54, 1.807) is 18.2 Å². The zero-order chi connectivity index (χ0) is 14.4. The van der Waals surface area contributed by atoms with Crippen molar-refractivity contribution in [3.8, 4) is 5.75 Å². The van der Waals surface area contributed by atoms with E-state index in [0.29, 0.717) is 31.9 Å². The summed E-state index contributed by atoms with van der Waals surface area (Å²) < 4.78 is 18.5. The van der Waals surface area contributed by atoms with E-state index < -0.39 is 0 Å². The van der Waals surface area contributed by atoms with Crippen molar-refractivity contribution in [3.63, 3.8) is 0 Å². The van der Waals surface area contributed by atoms with E-state index in [1.165, 1.54) is 18.9 Å². The molecule has 0 heterocycles. The van der Waals surface area contributed by atoms with Crippen molar-refractivity contribution in [2.75, 3.05) is 13.2 Å². The molecule has 0 aliphatic heterocycles. The Morgan fingerprint density at radius 1 is 1.45 bits per heavy atom. The minimum atomic E-state index is -0.382. The third-order valence-corrected chi connectivity index (χ3v) is 3.40. The van der Waals surface area contributed by atoms with Gasteiger partial charge in [-0.1, -0.05) is 12.1 Å². The van der Waals surface area contributed by atoms with Crippen LogP contribution in [0.4, 0.5) is 4.39 Å². The van der Waals surface area contributed by atoms with Crippen molar-refractivity contribution in [2.24, 2.45) is 11.7 Å². The lowest BCUT2D eigenvalue weighted by Gasteiger charge is -2.11. The number of amides is 1. The topological polar surface area (TPSA) is 64.3 Å². The average molecular weight is 280 g/mol. The van der Waals surface area contributed by atoms with Gasteiger partial charge in [-0.05, 0) is 37.3 Å². The van der Waals surface area contributed by atoms with Crippen LogP contribution in [0.3, 0.4) is 0 Å². The van der Waals surface area contributed by atoms with Gasteiger partial charge in [-0.3, -0.25) is 4.79 Å². The quantitative estimate of drug-likeness (QED) is 0.714. The molecule has 1 unspecified atom stereocenters. The summed E-state index contributed by atoms with van der Waals surface area (Å²) >= 11 is 0. The van der Waals surface area contributed by atoms with Gasteiger partial charge in [0, 0.05) is 19.0 Å². The summed E-state index contributed by atoms with van der Waals surface area (Å²) in [6, 6.07) is 6.32. The van der Waals surface area contributed by atoms with Crippen LogP contribution in [0.2, 0.25) is 0 Å². The summed E-state index contributed by atoms with van der Waals surface area (Å²) in [5.41, 5.74) is 5.89. The third kappa shape index (κ3) is 4.81. The van der Waals surface area contributed by atoms with E-state index in [4.69, 9.17) is 10.5 Å². The van der Waals surface area contributed by atoms with Gasteiger partial charge in [0.05, 0.1) is 6.61 Å². The highest BCUT2D eigenvalue weighted by atomic mass is 19.1. The summed E-state index contributed by atoms with van der Waals surface area (Å²) in [4.78, 5) is 11.6. The van der Waals surface area contributed by atoms with Crippen LogP contribution < -0.4 is 15.8 Å². The highest BCUT2D eigenvalue weighted by molar-refractivity contribution is 5.75. The van der Waals surface area contributed by atoms with E-state index in [1.807, 2.05) is 0 Å². The van der Waals surface area contributed by atoms with Gasteiger partial charge in [0.15, 0.2) is 11.6 Å².